The van der Waals surface area contributed by atoms with Gasteiger partial charge in [0.25, 0.3) is 0 Å². The SMILES string of the molecule is CC1(C)c2ccccc2-c2ccc(-c3cc(-c4cccc(-c5cccc6c5C(C)(C)c5ccccc5C65c6ccccc6Sc6ccccc65)c4)nc(-c4ccccc4)n3)cc21. The summed E-state index contributed by atoms with van der Waals surface area (Å²) in [5.41, 5.74) is 20.0. The summed E-state index contributed by atoms with van der Waals surface area (Å²) >= 11 is 1.89. The van der Waals surface area contributed by atoms with Crippen LogP contribution in [0.5, 0.6) is 0 Å². The molecule has 3 heteroatoms. The van der Waals surface area contributed by atoms with Gasteiger partial charge in [0.15, 0.2) is 5.82 Å². The van der Waals surface area contributed by atoms with Gasteiger partial charge in [0.1, 0.15) is 0 Å². The zero-order valence-corrected chi connectivity index (χ0v) is 36.1. The third-order valence-corrected chi connectivity index (χ3v) is 15.2. The quantitative estimate of drug-likeness (QED) is 0.177. The van der Waals surface area contributed by atoms with Crippen LogP contribution in [-0.4, -0.2) is 9.97 Å². The minimum atomic E-state index is -0.481. The lowest BCUT2D eigenvalue weighted by atomic mass is 9.53. The second kappa shape index (κ2) is 13.6. The molecular formula is C59H44N2S. The zero-order chi connectivity index (χ0) is 41.8. The number of benzene rings is 8. The molecule has 0 N–H and O–H groups in total. The van der Waals surface area contributed by atoms with Crippen molar-refractivity contribution in [3.05, 3.63) is 239 Å². The van der Waals surface area contributed by atoms with Gasteiger partial charge in [-0.1, -0.05) is 203 Å². The van der Waals surface area contributed by atoms with Crippen molar-refractivity contribution in [2.24, 2.45) is 0 Å². The van der Waals surface area contributed by atoms with Crippen molar-refractivity contribution < 1.29 is 0 Å². The Morgan fingerprint density at radius 2 is 0.855 bits per heavy atom. The van der Waals surface area contributed by atoms with E-state index in [1.165, 1.54) is 76.6 Å². The molecule has 2 heterocycles. The second-order valence-electron chi connectivity index (χ2n) is 18.1. The van der Waals surface area contributed by atoms with E-state index in [0.717, 1.165) is 33.9 Å². The van der Waals surface area contributed by atoms with Gasteiger partial charge in [0.05, 0.1) is 16.8 Å². The highest BCUT2D eigenvalue weighted by Gasteiger charge is 2.52. The molecule has 0 unspecified atom stereocenters. The lowest BCUT2D eigenvalue weighted by Crippen LogP contribution is -2.43. The Kier molecular flexibility index (Phi) is 8.11. The Bertz CT molecular complexity index is 3240. The molecule has 1 aliphatic heterocycles. The van der Waals surface area contributed by atoms with E-state index < -0.39 is 5.41 Å². The highest BCUT2D eigenvalue weighted by atomic mass is 32.2. The summed E-state index contributed by atoms with van der Waals surface area (Å²) < 4.78 is 0. The molecule has 62 heavy (non-hydrogen) atoms. The van der Waals surface area contributed by atoms with Crippen molar-refractivity contribution in [3.63, 3.8) is 0 Å². The Hall–Kier alpha value is -6.81. The first-order chi connectivity index (χ1) is 30.2. The maximum absolute atomic E-state index is 5.32. The van der Waals surface area contributed by atoms with Gasteiger partial charge in [-0.3, -0.25) is 0 Å². The molecule has 2 nitrogen and oxygen atoms in total. The van der Waals surface area contributed by atoms with Crippen molar-refractivity contribution in [2.45, 2.75) is 53.7 Å². The zero-order valence-electron chi connectivity index (χ0n) is 35.3. The summed E-state index contributed by atoms with van der Waals surface area (Å²) in [4.78, 5) is 13.2. The highest BCUT2D eigenvalue weighted by Crippen LogP contribution is 2.62. The average Bonchev–Trinajstić information content (AvgIpc) is 3.55. The van der Waals surface area contributed by atoms with Gasteiger partial charge in [0, 0.05) is 37.3 Å². The molecule has 296 valence electrons. The van der Waals surface area contributed by atoms with Crippen molar-refractivity contribution in [1.82, 2.24) is 9.97 Å². The lowest BCUT2D eigenvalue weighted by Gasteiger charge is -2.51. The molecule has 0 saturated heterocycles. The van der Waals surface area contributed by atoms with Crippen molar-refractivity contribution in [3.8, 4) is 56.2 Å². The molecule has 1 spiro atoms. The van der Waals surface area contributed by atoms with E-state index in [1.54, 1.807) is 0 Å². The van der Waals surface area contributed by atoms with E-state index in [9.17, 15) is 0 Å². The van der Waals surface area contributed by atoms with Crippen LogP contribution in [0.2, 0.25) is 0 Å². The maximum atomic E-state index is 5.32. The monoisotopic (exact) mass is 812 g/mol. The standard InChI is InChI=1S/C59H44N2S/c1-57(2)44-24-9-8-22-42(44)43-33-32-40(35-50(43)57)52-36-51(60-56(61-52)37-18-6-5-7-19-37)39-21-16-20-38(34-39)41-23-17-29-49-55(41)58(3,4)45-25-10-11-26-46(45)59(49)47-27-12-14-30-53(47)62-54-31-15-13-28-48(54)59/h5-36H,1-4H3. The lowest BCUT2D eigenvalue weighted by molar-refractivity contribution is 0.550. The molecule has 12 rings (SSSR count). The van der Waals surface area contributed by atoms with Gasteiger partial charge in [-0.15, -0.1) is 0 Å². The summed E-state index contributed by atoms with van der Waals surface area (Å²) in [6.07, 6.45) is 0. The van der Waals surface area contributed by atoms with Gasteiger partial charge >= 0.3 is 0 Å². The van der Waals surface area contributed by atoms with Crippen molar-refractivity contribution >= 4 is 11.8 Å². The average molecular weight is 813 g/mol. The molecule has 1 aromatic heterocycles. The largest absolute Gasteiger partial charge is 0.228 e. The number of rotatable bonds is 4. The molecule has 0 bridgehead atoms. The Morgan fingerprint density at radius 3 is 1.58 bits per heavy atom. The van der Waals surface area contributed by atoms with Crippen LogP contribution in [0.3, 0.4) is 0 Å². The smallest absolute Gasteiger partial charge is 0.160 e. The second-order valence-corrected chi connectivity index (χ2v) is 19.2. The predicted molar refractivity (Wildman–Crippen MR) is 256 cm³/mol. The van der Waals surface area contributed by atoms with Crippen LogP contribution in [0.25, 0.3) is 56.2 Å². The molecular weight excluding hydrogens is 769 g/mol. The van der Waals surface area contributed by atoms with E-state index in [1.807, 2.05) is 17.8 Å². The number of aromatic nitrogens is 2. The Morgan fingerprint density at radius 1 is 0.339 bits per heavy atom. The molecule has 3 aliphatic rings. The third kappa shape index (κ3) is 5.25. The summed E-state index contributed by atoms with van der Waals surface area (Å²) in [7, 11) is 0. The summed E-state index contributed by atoms with van der Waals surface area (Å²) in [6.45, 7) is 9.50. The van der Waals surface area contributed by atoms with Gasteiger partial charge in [0.2, 0.25) is 0 Å². The topological polar surface area (TPSA) is 25.8 Å². The van der Waals surface area contributed by atoms with Crippen LogP contribution in [0.15, 0.2) is 204 Å². The van der Waals surface area contributed by atoms with Crippen molar-refractivity contribution in [2.75, 3.05) is 0 Å². The number of hydrogen-bond donors (Lipinski definition) is 0. The molecule has 2 aliphatic carbocycles. The van der Waals surface area contributed by atoms with Crippen LogP contribution in [0, 0.1) is 0 Å². The first kappa shape index (κ1) is 37.0. The van der Waals surface area contributed by atoms with E-state index >= 15 is 0 Å². The first-order valence-corrected chi connectivity index (χ1v) is 22.5. The minimum absolute atomic E-state index is 0.114. The Balaban J connectivity index is 1.06. The van der Waals surface area contributed by atoms with E-state index in [2.05, 4.69) is 216 Å². The molecule has 0 fully saturated rings. The van der Waals surface area contributed by atoms with Crippen LogP contribution in [0.4, 0.5) is 0 Å². The molecule has 0 atom stereocenters. The van der Waals surface area contributed by atoms with E-state index in [4.69, 9.17) is 9.97 Å². The molecule has 0 radical (unpaired) electrons. The third-order valence-electron chi connectivity index (χ3n) is 14.0. The number of nitrogens with zero attached hydrogens (tertiary/aromatic N) is 2. The highest BCUT2D eigenvalue weighted by molar-refractivity contribution is 7.99. The van der Waals surface area contributed by atoms with E-state index in [0.29, 0.717) is 0 Å². The predicted octanol–water partition coefficient (Wildman–Crippen LogP) is 14.9. The number of fused-ring (bicyclic) bond motifs is 11. The van der Waals surface area contributed by atoms with Gasteiger partial charge in [-0.05, 0) is 97.1 Å². The molecule has 0 saturated carbocycles. The fourth-order valence-electron chi connectivity index (χ4n) is 11.2. The van der Waals surface area contributed by atoms with E-state index in [-0.39, 0.29) is 10.8 Å². The number of hydrogen-bond acceptors (Lipinski definition) is 3. The fourth-order valence-corrected chi connectivity index (χ4v) is 12.3. The van der Waals surface area contributed by atoms with Gasteiger partial charge in [-0.2, -0.15) is 0 Å². The molecule has 9 aromatic rings. The molecule has 8 aromatic carbocycles. The van der Waals surface area contributed by atoms with Crippen LogP contribution < -0.4 is 0 Å². The summed E-state index contributed by atoms with van der Waals surface area (Å²) in [5.74, 6) is 0.718. The van der Waals surface area contributed by atoms with Crippen LogP contribution >= 0.6 is 11.8 Å². The van der Waals surface area contributed by atoms with Gasteiger partial charge in [-0.25, -0.2) is 9.97 Å². The fraction of sp³-hybridized carbons (Fsp3) is 0.119. The Labute approximate surface area is 368 Å². The van der Waals surface area contributed by atoms with Gasteiger partial charge < -0.3 is 0 Å². The van der Waals surface area contributed by atoms with Crippen molar-refractivity contribution in [1.29, 1.82) is 0 Å². The summed E-state index contributed by atoms with van der Waals surface area (Å²) in [5, 5.41) is 0. The minimum Gasteiger partial charge on any atom is -0.228 e. The summed E-state index contributed by atoms with van der Waals surface area (Å²) in [6, 6.07) is 71.6. The van der Waals surface area contributed by atoms with Crippen LogP contribution in [-0.2, 0) is 16.2 Å². The molecule has 0 amide bonds. The maximum Gasteiger partial charge on any atom is 0.160 e. The van der Waals surface area contributed by atoms with Crippen LogP contribution in [0.1, 0.15) is 72.2 Å². The normalized spacial score (nSPS) is 15.4. The first-order valence-electron chi connectivity index (χ1n) is 21.7.